The number of ketones is 1. The van der Waals surface area contributed by atoms with E-state index in [9.17, 15) is 14.9 Å². The molecule has 0 spiro atoms. The van der Waals surface area contributed by atoms with E-state index in [2.05, 4.69) is 5.10 Å². The number of nitrogens with zero attached hydrogens (tertiary/aromatic N) is 3. The van der Waals surface area contributed by atoms with E-state index in [4.69, 9.17) is 11.6 Å². The van der Waals surface area contributed by atoms with E-state index in [1.807, 2.05) is 0 Å². The summed E-state index contributed by atoms with van der Waals surface area (Å²) >= 11 is 5.28. The predicted molar refractivity (Wildman–Crippen MR) is 44.9 cm³/mol. The lowest BCUT2D eigenvalue weighted by Gasteiger charge is -1.96. The molecule has 0 atom stereocenters. The summed E-state index contributed by atoms with van der Waals surface area (Å²) in [6.07, 6.45) is 1.03. The smallest absolute Gasteiger partial charge is 0.291 e. The van der Waals surface area contributed by atoms with Crippen LogP contribution >= 0.6 is 11.6 Å². The number of hydrogen-bond acceptors (Lipinski definition) is 4. The average Bonchev–Trinajstić information content (AvgIpc) is 2.46. The molecular formula is C6H6ClN3O3. The number of carbonyl (C=O) groups excluding carboxylic acids is 1. The van der Waals surface area contributed by atoms with Crippen LogP contribution in [0.2, 0.25) is 0 Å². The molecule has 0 N–H and O–H groups in total. The molecule has 1 heterocycles. The van der Waals surface area contributed by atoms with Gasteiger partial charge in [-0.25, -0.2) is 0 Å². The van der Waals surface area contributed by atoms with Gasteiger partial charge in [-0.3, -0.25) is 19.6 Å². The summed E-state index contributed by atoms with van der Waals surface area (Å²) < 4.78 is 1.14. The minimum absolute atomic E-state index is 0.0694. The molecule has 0 unspecified atom stereocenters. The van der Waals surface area contributed by atoms with Crippen molar-refractivity contribution in [1.29, 1.82) is 0 Å². The highest BCUT2D eigenvalue weighted by Gasteiger charge is 2.24. The number of aryl methyl sites for hydroxylation is 1. The van der Waals surface area contributed by atoms with Crippen molar-refractivity contribution in [2.45, 2.75) is 0 Å². The summed E-state index contributed by atoms with van der Waals surface area (Å²) in [7, 11) is 1.45. The fourth-order valence-electron chi connectivity index (χ4n) is 0.946. The minimum Gasteiger partial charge on any atom is -0.291 e. The van der Waals surface area contributed by atoms with Gasteiger partial charge in [0.15, 0.2) is 5.69 Å². The molecule has 1 aromatic rings. The molecule has 0 aromatic carbocycles. The Balaban J connectivity index is 3.24. The van der Waals surface area contributed by atoms with Crippen LogP contribution in [0.5, 0.6) is 0 Å². The first-order valence-corrected chi connectivity index (χ1v) is 3.87. The lowest BCUT2D eigenvalue weighted by atomic mass is 10.3. The molecule has 1 rings (SSSR count). The number of hydrogen-bond donors (Lipinski definition) is 0. The van der Waals surface area contributed by atoms with E-state index in [0.29, 0.717) is 0 Å². The molecule has 70 valence electrons. The van der Waals surface area contributed by atoms with Crippen LogP contribution in [0.4, 0.5) is 5.69 Å². The monoisotopic (exact) mass is 203 g/mol. The lowest BCUT2D eigenvalue weighted by molar-refractivity contribution is -0.385. The molecule has 0 saturated carbocycles. The molecule has 0 aliphatic rings. The standard InChI is InChI=1S/C6H6ClN3O3/c1-9-6(5(11)2-7)4(3-8-9)10(12)13/h3H,2H2,1H3. The van der Waals surface area contributed by atoms with Gasteiger partial charge in [-0.1, -0.05) is 0 Å². The second-order valence-electron chi connectivity index (χ2n) is 2.32. The van der Waals surface area contributed by atoms with Crippen LogP contribution in [0.3, 0.4) is 0 Å². The SMILES string of the molecule is Cn1ncc([N+](=O)[O-])c1C(=O)CCl. The normalized spacial score (nSPS) is 10.0. The molecule has 7 heteroatoms. The molecule has 0 fully saturated rings. The topological polar surface area (TPSA) is 78.0 Å². The largest absolute Gasteiger partial charge is 0.318 e. The fraction of sp³-hybridized carbons (Fsp3) is 0.333. The fourth-order valence-corrected chi connectivity index (χ4v) is 1.07. The summed E-state index contributed by atoms with van der Waals surface area (Å²) in [5, 5.41) is 14.0. The molecule has 0 bridgehead atoms. The molecule has 0 aliphatic heterocycles. The van der Waals surface area contributed by atoms with Crippen molar-refractivity contribution in [3.05, 3.63) is 22.0 Å². The maximum atomic E-state index is 11.1. The van der Waals surface area contributed by atoms with Crippen molar-refractivity contribution in [2.75, 3.05) is 5.88 Å². The number of carbonyl (C=O) groups is 1. The molecule has 0 saturated heterocycles. The highest BCUT2D eigenvalue weighted by atomic mass is 35.5. The van der Waals surface area contributed by atoms with Crippen LogP contribution < -0.4 is 0 Å². The third-order valence-corrected chi connectivity index (χ3v) is 1.74. The number of nitro groups is 1. The zero-order chi connectivity index (χ0) is 10.0. The van der Waals surface area contributed by atoms with Crippen LogP contribution in [-0.4, -0.2) is 26.4 Å². The Kier molecular flexibility index (Phi) is 2.62. The zero-order valence-electron chi connectivity index (χ0n) is 6.73. The number of halogens is 1. The molecule has 1 aromatic heterocycles. The second-order valence-corrected chi connectivity index (χ2v) is 2.58. The van der Waals surface area contributed by atoms with Crippen molar-refractivity contribution in [3.63, 3.8) is 0 Å². The second kappa shape index (κ2) is 3.53. The van der Waals surface area contributed by atoms with Crippen molar-refractivity contribution in [3.8, 4) is 0 Å². The molecule has 13 heavy (non-hydrogen) atoms. The maximum Gasteiger partial charge on any atom is 0.318 e. The first-order chi connectivity index (χ1) is 6.07. The average molecular weight is 204 g/mol. The van der Waals surface area contributed by atoms with Gasteiger partial charge in [-0.15, -0.1) is 11.6 Å². The summed E-state index contributed by atoms with van der Waals surface area (Å²) in [4.78, 5) is 20.9. The van der Waals surface area contributed by atoms with Gasteiger partial charge in [-0.2, -0.15) is 5.10 Å². The van der Waals surface area contributed by atoms with Crippen molar-refractivity contribution in [2.24, 2.45) is 7.05 Å². The van der Waals surface area contributed by atoms with E-state index in [0.717, 1.165) is 10.9 Å². The van der Waals surface area contributed by atoms with Crippen LogP contribution in [0.1, 0.15) is 10.5 Å². The van der Waals surface area contributed by atoms with E-state index < -0.39 is 10.7 Å². The summed E-state index contributed by atoms with van der Waals surface area (Å²) in [5.74, 6) is -0.797. The van der Waals surface area contributed by atoms with Crippen LogP contribution in [0.15, 0.2) is 6.20 Å². The van der Waals surface area contributed by atoms with Crippen LogP contribution in [0.25, 0.3) is 0 Å². The Labute approximate surface area is 78.3 Å². The first-order valence-electron chi connectivity index (χ1n) is 3.33. The van der Waals surface area contributed by atoms with Crippen molar-refractivity contribution in [1.82, 2.24) is 9.78 Å². The third-order valence-electron chi connectivity index (χ3n) is 1.50. The Hall–Kier alpha value is -1.43. The molecule has 0 amide bonds. The summed E-state index contributed by atoms with van der Waals surface area (Å²) in [6, 6.07) is 0. The number of alkyl halides is 1. The predicted octanol–water partition coefficient (Wildman–Crippen LogP) is 0.750. The van der Waals surface area contributed by atoms with Gasteiger partial charge in [0.25, 0.3) is 0 Å². The maximum absolute atomic E-state index is 11.1. The Morgan fingerprint density at radius 1 is 1.85 bits per heavy atom. The molecule has 0 aliphatic carbocycles. The quantitative estimate of drug-likeness (QED) is 0.314. The Bertz CT molecular complexity index is 360. The van der Waals surface area contributed by atoms with Gasteiger partial charge in [0, 0.05) is 7.05 Å². The molecular weight excluding hydrogens is 198 g/mol. The highest BCUT2D eigenvalue weighted by Crippen LogP contribution is 2.17. The lowest BCUT2D eigenvalue weighted by Crippen LogP contribution is -2.10. The third kappa shape index (κ3) is 1.67. The van der Waals surface area contributed by atoms with Gasteiger partial charge in [-0.05, 0) is 0 Å². The van der Waals surface area contributed by atoms with Gasteiger partial charge in [0.2, 0.25) is 5.78 Å². The summed E-state index contributed by atoms with van der Waals surface area (Å²) in [5.41, 5.74) is -0.381. The van der Waals surface area contributed by atoms with Gasteiger partial charge < -0.3 is 0 Å². The van der Waals surface area contributed by atoms with Gasteiger partial charge in [0.1, 0.15) is 6.20 Å². The first kappa shape index (κ1) is 9.66. The Morgan fingerprint density at radius 3 is 2.92 bits per heavy atom. The van der Waals surface area contributed by atoms with E-state index in [1.165, 1.54) is 7.05 Å². The van der Waals surface area contributed by atoms with Gasteiger partial charge in [0.05, 0.1) is 10.8 Å². The van der Waals surface area contributed by atoms with E-state index in [1.54, 1.807) is 0 Å². The number of Topliss-reactive ketones (excluding diaryl/α,β-unsaturated/α-hetero) is 1. The minimum atomic E-state index is -0.660. The van der Waals surface area contributed by atoms with Gasteiger partial charge >= 0.3 is 5.69 Å². The van der Waals surface area contributed by atoms with Crippen molar-refractivity contribution >= 4 is 23.1 Å². The van der Waals surface area contributed by atoms with Crippen molar-refractivity contribution < 1.29 is 9.72 Å². The summed E-state index contributed by atoms with van der Waals surface area (Å²) in [6.45, 7) is 0. The number of rotatable bonds is 3. The van der Waals surface area contributed by atoms with Crippen LogP contribution in [-0.2, 0) is 7.05 Å². The molecule has 6 nitrogen and oxygen atoms in total. The zero-order valence-corrected chi connectivity index (χ0v) is 7.48. The highest BCUT2D eigenvalue weighted by molar-refractivity contribution is 6.30. The molecule has 0 radical (unpaired) electrons. The van der Waals surface area contributed by atoms with E-state index in [-0.39, 0.29) is 17.3 Å². The van der Waals surface area contributed by atoms with E-state index >= 15 is 0 Å². The van der Waals surface area contributed by atoms with Crippen LogP contribution in [0, 0.1) is 10.1 Å². The Morgan fingerprint density at radius 2 is 2.46 bits per heavy atom. The number of aromatic nitrogens is 2.